The third-order valence-electron chi connectivity index (χ3n) is 4.75. The highest BCUT2D eigenvalue weighted by Gasteiger charge is 2.42. The van der Waals surface area contributed by atoms with E-state index in [0.29, 0.717) is 11.3 Å². The Labute approximate surface area is 181 Å². The van der Waals surface area contributed by atoms with Gasteiger partial charge in [-0.25, -0.2) is 0 Å². The summed E-state index contributed by atoms with van der Waals surface area (Å²) in [5.41, 5.74) is 3.66. The topological polar surface area (TPSA) is 58.2 Å². The highest BCUT2D eigenvalue weighted by atomic mass is 35.5. The molecule has 0 radical (unpaired) electrons. The molecule has 2 amide bonds. The van der Waals surface area contributed by atoms with Crippen LogP contribution in [0.5, 0.6) is 0 Å². The molecule has 2 aliphatic heterocycles. The van der Waals surface area contributed by atoms with E-state index in [1.54, 1.807) is 6.92 Å². The van der Waals surface area contributed by atoms with Crippen molar-refractivity contribution in [1.82, 2.24) is 10.6 Å². The van der Waals surface area contributed by atoms with Crippen LogP contribution in [-0.4, -0.2) is 11.8 Å². The Morgan fingerprint density at radius 2 is 1.21 bits per heavy atom. The fourth-order valence-corrected chi connectivity index (χ4v) is 4.41. The average molecular weight is 454 g/mol. The minimum Gasteiger partial charge on any atom is -0.321 e. The molecule has 0 spiro atoms. The van der Waals surface area contributed by atoms with Gasteiger partial charge in [0, 0.05) is 5.56 Å². The van der Waals surface area contributed by atoms with Crippen LogP contribution in [0, 0.1) is 13.8 Å². The first kappa shape index (κ1) is 19.3. The van der Waals surface area contributed by atoms with Gasteiger partial charge in [0.25, 0.3) is 11.8 Å². The Balaban J connectivity index is 1.99. The van der Waals surface area contributed by atoms with Crippen molar-refractivity contribution in [2.45, 2.75) is 13.8 Å². The van der Waals surface area contributed by atoms with Crippen molar-refractivity contribution in [2.24, 2.45) is 0 Å². The zero-order valence-electron chi connectivity index (χ0n) is 14.6. The highest BCUT2D eigenvalue weighted by Crippen LogP contribution is 2.47. The molecule has 142 valence electrons. The number of amides is 2. The fraction of sp³-hybridized carbons (Fsp3) is 0.100. The highest BCUT2D eigenvalue weighted by molar-refractivity contribution is 6.51. The monoisotopic (exact) mass is 452 g/mol. The molecule has 4 rings (SSSR count). The largest absolute Gasteiger partial charge is 0.321 e. The predicted molar refractivity (Wildman–Crippen MR) is 113 cm³/mol. The van der Waals surface area contributed by atoms with Crippen molar-refractivity contribution < 1.29 is 9.59 Å². The Morgan fingerprint density at radius 3 is 1.82 bits per heavy atom. The van der Waals surface area contributed by atoms with Gasteiger partial charge in [0.1, 0.15) is 0 Å². The number of aryl methyl sites for hydroxylation is 1. The van der Waals surface area contributed by atoms with Crippen LogP contribution in [0.3, 0.4) is 0 Å². The SMILES string of the molecule is Cc1ccc(C2=C3C(=O)NC(c4c(Cl)c(C)c(Cl)c(Cl)c4Cl)=C3C(=O)N2)cc1. The maximum atomic E-state index is 12.7. The Hall–Kier alpha value is -1.98. The van der Waals surface area contributed by atoms with Gasteiger partial charge < -0.3 is 10.6 Å². The second kappa shape index (κ2) is 6.82. The molecule has 0 saturated heterocycles. The number of carbonyl (C=O) groups is 2. The number of fused-ring (bicyclic) bond motifs is 1. The van der Waals surface area contributed by atoms with Crippen LogP contribution in [-0.2, 0) is 9.59 Å². The van der Waals surface area contributed by atoms with E-state index in [4.69, 9.17) is 46.4 Å². The van der Waals surface area contributed by atoms with Crippen LogP contribution in [0.4, 0.5) is 0 Å². The van der Waals surface area contributed by atoms with Crippen LogP contribution in [0.25, 0.3) is 11.4 Å². The van der Waals surface area contributed by atoms with Crippen molar-refractivity contribution in [1.29, 1.82) is 0 Å². The first-order chi connectivity index (χ1) is 13.2. The van der Waals surface area contributed by atoms with E-state index >= 15 is 0 Å². The van der Waals surface area contributed by atoms with Gasteiger partial charge in [0.05, 0.1) is 42.6 Å². The number of rotatable bonds is 2. The van der Waals surface area contributed by atoms with Gasteiger partial charge >= 0.3 is 0 Å². The first-order valence-electron chi connectivity index (χ1n) is 8.24. The van der Waals surface area contributed by atoms with Gasteiger partial charge in [-0.15, -0.1) is 0 Å². The number of benzene rings is 2. The minimum atomic E-state index is -0.421. The summed E-state index contributed by atoms with van der Waals surface area (Å²) in [5.74, 6) is -0.843. The molecule has 2 N–H and O–H groups in total. The van der Waals surface area contributed by atoms with Crippen LogP contribution in [0.15, 0.2) is 35.4 Å². The molecule has 4 nitrogen and oxygen atoms in total. The lowest BCUT2D eigenvalue weighted by Gasteiger charge is -2.15. The Kier molecular flexibility index (Phi) is 4.71. The normalized spacial score (nSPS) is 15.9. The second-order valence-corrected chi connectivity index (χ2v) is 8.04. The third-order valence-corrected chi connectivity index (χ3v) is 6.65. The van der Waals surface area contributed by atoms with Crippen molar-refractivity contribution in [2.75, 3.05) is 0 Å². The molecule has 0 unspecified atom stereocenters. The van der Waals surface area contributed by atoms with Crippen LogP contribution in [0.1, 0.15) is 22.3 Å². The van der Waals surface area contributed by atoms with Gasteiger partial charge in [-0.1, -0.05) is 76.2 Å². The van der Waals surface area contributed by atoms with E-state index in [1.807, 2.05) is 31.2 Å². The van der Waals surface area contributed by atoms with Gasteiger partial charge in [-0.3, -0.25) is 9.59 Å². The fourth-order valence-electron chi connectivity index (χ4n) is 3.28. The molecule has 0 aromatic heterocycles. The molecule has 28 heavy (non-hydrogen) atoms. The molecule has 0 aliphatic carbocycles. The third kappa shape index (κ3) is 2.75. The lowest BCUT2D eigenvalue weighted by atomic mass is 10.0. The molecule has 0 fully saturated rings. The quantitative estimate of drug-likeness (QED) is 0.478. The number of carbonyl (C=O) groups excluding carboxylic acids is 2. The smallest absolute Gasteiger partial charge is 0.258 e. The van der Waals surface area contributed by atoms with E-state index in [9.17, 15) is 9.59 Å². The van der Waals surface area contributed by atoms with Crippen LogP contribution >= 0.6 is 46.4 Å². The number of hydrogen-bond donors (Lipinski definition) is 2. The maximum Gasteiger partial charge on any atom is 0.258 e. The summed E-state index contributed by atoms with van der Waals surface area (Å²) in [5, 5.41) is 6.13. The van der Waals surface area contributed by atoms with Gasteiger partial charge in [0.15, 0.2) is 0 Å². The maximum absolute atomic E-state index is 12.7. The van der Waals surface area contributed by atoms with Gasteiger partial charge in [-0.2, -0.15) is 0 Å². The summed E-state index contributed by atoms with van der Waals surface area (Å²) in [7, 11) is 0. The van der Waals surface area contributed by atoms with E-state index < -0.39 is 11.8 Å². The van der Waals surface area contributed by atoms with Gasteiger partial charge in [0.2, 0.25) is 0 Å². The zero-order valence-corrected chi connectivity index (χ0v) is 17.7. The summed E-state index contributed by atoms with van der Waals surface area (Å²) in [6.07, 6.45) is 0. The molecule has 2 heterocycles. The Morgan fingerprint density at radius 1 is 0.679 bits per heavy atom. The van der Waals surface area contributed by atoms with Gasteiger partial charge in [-0.05, 0) is 25.0 Å². The molecule has 2 aromatic carbocycles. The molecular weight excluding hydrogens is 442 g/mol. The molecule has 8 heteroatoms. The zero-order chi connectivity index (χ0) is 20.3. The molecule has 0 atom stereocenters. The number of hydrogen-bond acceptors (Lipinski definition) is 2. The lowest BCUT2D eigenvalue weighted by Crippen LogP contribution is -2.21. The summed E-state index contributed by atoms with van der Waals surface area (Å²) < 4.78 is 0. The average Bonchev–Trinajstić information content (AvgIpc) is 3.18. The summed E-state index contributed by atoms with van der Waals surface area (Å²) >= 11 is 25.2. The predicted octanol–water partition coefficient (Wildman–Crippen LogP) is 5.30. The van der Waals surface area contributed by atoms with Crippen LogP contribution in [0.2, 0.25) is 20.1 Å². The minimum absolute atomic E-state index is 0.0721. The second-order valence-electron chi connectivity index (χ2n) is 6.53. The van der Waals surface area contributed by atoms with E-state index in [2.05, 4.69) is 10.6 Å². The van der Waals surface area contributed by atoms with E-state index in [-0.39, 0.29) is 42.5 Å². The summed E-state index contributed by atoms with van der Waals surface area (Å²) in [4.78, 5) is 25.5. The summed E-state index contributed by atoms with van der Waals surface area (Å²) in [6, 6.07) is 7.49. The number of nitrogens with one attached hydrogen (secondary N) is 2. The molecule has 2 aromatic rings. The van der Waals surface area contributed by atoms with Crippen LogP contribution < -0.4 is 10.6 Å². The molecule has 2 aliphatic rings. The van der Waals surface area contributed by atoms with Crippen molar-refractivity contribution in [3.63, 3.8) is 0 Å². The van der Waals surface area contributed by atoms with Crippen molar-refractivity contribution >= 4 is 69.6 Å². The lowest BCUT2D eigenvalue weighted by molar-refractivity contribution is -0.117. The van der Waals surface area contributed by atoms with Crippen molar-refractivity contribution in [3.8, 4) is 0 Å². The standard InChI is InChI=1S/C20H12Cl4N2O2/c1-7-3-5-9(6-4-7)17-10-11(20(28)25-17)18(26-19(10)27)12-13(21)8(2)14(22)16(24)15(12)23/h3-6H,1-2H3,(H,25,28)(H,26,27). The molecular formula is C20H12Cl4N2O2. The van der Waals surface area contributed by atoms with E-state index in [1.165, 1.54) is 0 Å². The number of halogens is 4. The first-order valence-corrected chi connectivity index (χ1v) is 9.75. The Bertz CT molecular complexity index is 1120. The molecule has 0 bridgehead atoms. The van der Waals surface area contributed by atoms with Crippen molar-refractivity contribution in [3.05, 3.63) is 77.8 Å². The molecule has 0 saturated carbocycles. The summed E-state index contributed by atoms with van der Waals surface area (Å²) in [6.45, 7) is 3.64. The van der Waals surface area contributed by atoms with E-state index in [0.717, 1.165) is 11.1 Å².